The summed E-state index contributed by atoms with van der Waals surface area (Å²) in [5.41, 5.74) is 4.02. The Morgan fingerprint density at radius 3 is 2.70 bits per heavy atom. The first kappa shape index (κ1) is 18.5. The molecular formula is C24H24N4O2. The van der Waals surface area contributed by atoms with Gasteiger partial charge in [0, 0.05) is 36.4 Å². The van der Waals surface area contributed by atoms with Gasteiger partial charge in [-0.25, -0.2) is 4.68 Å². The van der Waals surface area contributed by atoms with Crippen molar-refractivity contribution in [2.75, 3.05) is 20.2 Å². The fraction of sp³-hybridized carbons (Fsp3) is 0.250. The predicted octanol–water partition coefficient (Wildman–Crippen LogP) is 4.38. The number of benzene rings is 2. The Labute approximate surface area is 175 Å². The van der Waals surface area contributed by atoms with Crippen LogP contribution in [-0.2, 0) is 0 Å². The van der Waals surface area contributed by atoms with Crippen molar-refractivity contribution in [1.82, 2.24) is 19.7 Å². The molecule has 3 heterocycles. The molecule has 1 aliphatic rings. The number of H-pyrrole nitrogens is 1. The molecule has 5 rings (SSSR count). The average Bonchev–Trinajstić information content (AvgIpc) is 3.46. The largest absolute Gasteiger partial charge is 0.497 e. The van der Waals surface area contributed by atoms with Crippen LogP contribution in [0.4, 0.5) is 0 Å². The van der Waals surface area contributed by atoms with Gasteiger partial charge in [-0.2, -0.15) is 5.10 Å². The molecule has 6 nitrogen and oxygen atoms in total. The number of fused-ring (bicyclic) bond motifs is 1. The Kier molecular flexibility index (Phi) is 4.75. The highest BCUT2D eigenvalue weighted by Gasteiger charge is 2.27. The number of carbonyl (C=O) groups is 1. The Balaban J connectivity index is 1.28. The zero-order valence-electron chi connectivity index (χ0n) is 16.9. The zero-order chi connectivity index (χ0) is 20.5. The van der Waals surface area contributed by atoms with E-state index < -0.39 is 0 Å². The van der Waals surface area contributed by atoms with E-state index in [1.807, 2.05) is 47.5 Å². The quantitative estimate of drug-likeness (QED) is 0.553. The molecule has 0 spiro atoms. The highest BCUT2D eigenvalue weighted by atomic mass is 16.5. The topological polar surface area (TPSA) is 63.1 Å². The monoisotopic (exact) mass is 400 g/mol. The van der Waals surface area contributed by atoms with Gasteiger partial charge in [-0.15, -0.1) is 0 Å². The maximum absolute atomic E-state index is 13.0. The Morgan fingerprint density at radius 1 is 1.13 bits per heavy atom. The lowest BCUT2D eigenvalue weighted by Crippen LogP contribution is -2.37. The van der Waals surface area contributed by atoms with E-state index >= 15 is 0 Å². The minimum Gasteiger partial charge on any atom is -0.497 e. The number of methoxy groups -OCH3 is 1. The number of aromatic nitrogens is 3. The normalized spacial score (nSPS) is 14.9. The minimum absolute atomic E-state index is 0.0521. The number of ether oxygens (including phenoxy) is 1. The lowest BCUT2D eigenvalue weighted by molar-refractivity contribution is 0.0713. The van der Waals surface area contributed by atoms with Crippen LogP contribution >= 0.6 is 0 Å². The third kappa shape index (κ3) is 3.34. The Bertz CT molecular complexity index is 1170. The second-order valence-electron chi connectivity index (χ2n) is 7.73. The molecule has 30 heavy (non-hydrogen) atoms. The number of hydrogen-bond donors (Lipinski definition) is 1. The SMILES string of the molecule is COc1ccc2[nH]cc(C3CCN(C(=O)c4cnn(-c5ccccc5)c4)CC3)c2c1. The summed E-state index contributed by atoms with van der Waals surface area (Å²) in [6.07, 6.45) is 7.48. The van der Waals surface area contributed by atoms with Crippen molar-refractivity contribution in [2.24, 2.45) is 0 Å². The molecule has 0 saturated carbocycles. The van der Waals surface area contributed by atoms with E-state index in [0.717, 1.165) is 42.9 Å². The van der Waals surface area contributed by atoms with Crippen molar-refractivity contribution >= 4 is 16.8 Å². The fourth-order valence-electron chi connectivity index (χ4n) is 4.32. The third-order valence-electron chi connectivity index (χ3n) is 5.99. The second-order valence-corrected chi connectivity index (χ2v) is 7.73. The van der Waals surface area contributed by atoms with Crippen molar-refractivity contribution in [3.63, 3.8) is 0 Å². The van der Waals surface area contributed by atoms with Gasteiger partial charge in [-0.3, -0.25) is 4.79 Å². The number of aromatic amines is 1. The van der Waals surface area contributed by atoms with Gasteiger partial charge in [0.05, 0.1) is 24.6 Å². The van der Waals surface area contributed by atoms with Gasteiger partial charge in [-0.05, 0) is 54.7 Å². The standard InChI is InChI=1S/C24H24N4O2/c1-30-20-7-8-23-21(13-20)22(15-25-23)17-9-11-27(12-10-17)24(29)18-14-26-28(16-18)19-5-3-2-4-6-19/h2-8,13-17,25H,9-12H2,1H3. The number of piperidine rings is 1. The van der Waals surface area contributed by atoms with Gasteiger partial charge in [0.15, 0.2) is 0 Å². The number of hydrogen-bond acceptors (Lipinski definition) is 3. The molecule has 0 atom stereocenters. The molecule has 0 aliphatic carbocycles. The third-order valence-corrected chi connectivity index (χ3v) is 5.99. The highest BCUT2D eigenvalue weighted by Crippen LogP contribution is 2.35. The van der Waals surface area contributed by atoms with Gasteiger partial charge in [0.2, 0.25) is 0 Å². The van der Waals surface area contributed by atoms with Crippen molar-refractivity contribution in [3.8, 4) is 11.4 Å². The molecule has 1 fully saturated rings. The molecule has 4 aromatic rings. The first-order chi connectivity index (χ1) is 14.7. The van der Waals surface area contributed by atoms with E-state index in [4.69, 9.17) is 4.74 Å². The van der Waals surface area contributed by atoms with Crippen LogP contribution in [0.1, 0.15) is 34.7 Å². The molecule has 2 aromatic heterocycles. The van der Waals surface area contributed by atoms with Crippen LogP contribution in [0, 0.1) is 0 Å². The molecule has 152 valence electrons. The number of para-hydroxylation sites is 1. The second kappa shape index (κ2) is 7.71. The van der Waals surface area contributed by atoms with Crippen molar-refractivity contribution in [1.29, 1.82) is 0 Å². The van der Waals surface area contributed by atoms with E-state index in [1.165, 1.54) is 10.9 Å². The molecule has 1 amide bonds. The van der Waals surface area contributed by atoms with Crippen molar-refractivity contribution < 1.29 is 9.53 Å². The Morgan fingerprint density at radius 2 is 1.93 bits per heavy atom. The summed E-state index contributed by atoms with van der Waals surface area (Å²) in [6, 6.07) is 16.0. The first-order valence-electron chi connectivity index (χ1n) is 10.3. The van der Waals surface area contributed by atoms with Gasteiger partial charge in [-0.1, -0.05) is 18.2 Å². The summed E-state index contributed by atoms with van der Waals surface area (Å²) < 4.78 is 7.14. The van der Waals surface area contributed by atoms with Crippen LogP contribution in [0.2, 0.25) is 0 Å². The molecule has 0 radical (unpaired) electrons. The van der Waals surface area contributed by atoms with Crippen molar-refractivity contribution in [2.45, 2.75) is 18.8 Å². The molecular weight excluding hydrogens is 376 g/mol. The van der Waals surface area contributed by atoms with Gasteiger partial charge in [0.1, 0.15) is 5.75 Å². The van der Waals surface area contributed by atoms with Gasteiger partial charge >= 0.3 is 0 Å². The van der Waals surface area contributed by atoms with Gasteiger partial charge in [0.25, 0.3) is 5.91 Å². The maximum Gasteiger partial charge on any atom is 0.257 e. The van der Waals surface area contributed by atoms with E-state index in [-0.39, 0.29) is 5.91 Å². The Hall–Kier alpha value is -3.54. The molecule has 1 saturated heterocycles. The number of rotatable bonds is 4. The lowest BCUT2D eigenvalue weighted by Gasteiger charge is -2.31. The molecule has 2 aromatic carbocycles. The molecule has 6 heteroatoms. The van der Waals surface area contributed by atoms with Crippen LogP contribution in [0.3, 0.4) is 0 Å². The maximum atomic E-state index is 13.0. The lowest BCUT2D eigenvalue weighted by atomic mass is 9.89. The summed E-state index contributed by atoms with van der Waals surface area (Å²) in [6.45, 7) is 1.49. The van der Waals surface area contributed by atoms with E-state index in [0.29, 0.717) is 11.5 Å². The summed E-state index contributed by atoms with van der Waals surface area (Å²) in [4.78, 5) is 18.3. The molecule has 1 aliphatic heterocycles. The minimum atomic E-state index is 0.0521. The first-order valence-corrected chi connectivity index (χ1v) is 10.3. The number of carbonyl (C=O) groups excluding carboxylic acids is 1. The summed E-state index contributed by atoms with van der Waals surface area (Å²) >= 11 is 0. The van der Waals surface area contributed by atoms with Gasteiger partial charge < -0.3 is 14.6 Å². The zero-order valence-corrected chi connectivity index (χ0v) is 16.9. The summed E-state index contributed by atoms with van der Waals surface area (Å²) in [7, 11) is 1.69. The summed E-state index contributed by atoms with van der Waals surface area (Å²) in [5, 5.41) is 5.57. The van der Waals surface area contributed by atoms with E-state index in [2.05, 4.69) is 28.4 Å². The smallest absolute Gasteiger partial charge is 0.257 e. The fourth-order valence-corrected chi connectivity index (χ4v) is 4.32. The highest BCUT2D eigenvalue weighted by molar-refractivity contribution is 5.94. The average molecular weight is 400 g/mol. The number of likely N-dealkylation sites (tertiary alicyclic amines) is 1. The van der Waals surface area contributed by atoms with Crippen molar-refractivity contribution in [3.05, 3.63) is 78.2 Å². The van der Waals surface area contributed by atoms with E-state index in [9.17, 15) is 4.79 Å². The van der Waals surface area contributed by atoms with Crippen LogP contribution < -0.4 is 4.74 Å². The van der Waals surface area contributed by atoms with Crippen LogP contribution in [0.25, 0.3) is 16.6 Å². The molecule has 0 unspecified atom stereocenters. The van der Waals surface area contributed by atoms with Crippen LogP contribution in [0.15, 0.2) is 67.1 Å². The van der Waals surface area contributed by atoms with E-state index in [1.54, 1.807) is 18.0 Å². The van der Waals surface area contributed by atoms with Crippen LogP contribution in [0.5, 0.6) is 5.75 Å². The number of amides is 1. The van der Waals surface area contributed by atoms with Crippen LogP contribution in [-0.4, -0.2) is 45.8 Å². The number of nitrogens with one attached hydrogen (secondary N) is 1. The molecule has 1 N–H and O–H groups in total. The predicted molar refractivity (Wildman–Crippen MR) is 116 cm³/mol. The summed E-state index contributed by atoms with van der Waals surface area (Å²) in [5.74, 6) is 1.35. The number of nitrogens with zero attached hydrogens (tertiary/aromatic N) is 3. The molecule has 0 bridgehead atoms.